The highest BCUT2D eigenvalue weighted by molar-refractivity contribution is 7.80. The molecular formula is C19H26N4O2S2. The average Bonchev–Trinajstić information content (AvgIpc) is 3.18. The van der Waals surface area contributed by atoms with Gasteiger partial charge in [0, 0.05) is 29.7 Å². The normalized spacial score (nSPS) is 13.6. The van der Waals surface area contributed by atoms with Crippen molar-refractivity contribution in [2.24, 2.45) is 0 Å². The van der Waals surface area contributed by atoms with Crippen molar-refractivity contribution in [1.29, 1.82) is 0 Å². The van der Waals surface area contributed by atoms with Crippen LogP contribution in [0.3, 0.4) is 0 Å². The van der Waals surface area contributed by atoms with Gasteiger partial charge in [0.05, 0.1) is 18.4 Å². The lowest BCUT2D eigenvalue weighted by Gasteiger charge is -2.11. The summed E-state index contributed by atoms with van der Waals surface area (Å²) >= 11 is 7.08. The molecule has 3 rings (SSSR count). The summed E-state index contributed by atoms with van der Waals surface area (Å²) in [7, 11) is 0. The van der Waals surface area contributed by atoms with Crippen LogP contribution >= 0.6 is 23.6 Å². The minimum absolute atomic E-state index is 0.258. The van der Waals surface area contributed by atoms with Crippen molar-refractivity contribution >= 4 is 39.6 Å². The number of esters is 1. The molecule has 2 aromatic rings. The Labute approximate surface area is 169 Å². The van der Waals surface area contributed by atoms with Crippen LogP contribution in [0.25, 0.3) is 0 Å². The number of ether oxygens (including phenoxy) is 1. The molecule has 2 heterocycles. The number of hydrogen-bond acceptors (Lipinski definition) is 5. The van der Waals surface area contributed by atoms with Gasteiger partial charge < -0.3 is 15.4 Å². The van der Waals surface area contributed by atoms with E-state index in [0.29, 0.717) is 23.8 Å². The molecule has 0 aromatic carbocycles. The lowest BCUT2D eigenvalue weighted by Crippen LogP contribution is -2.28. The number of carbonyl (C=O) groups excluding carboxylic acids is 1. The predicted molar refractivity (Wildman–Crippen MR) is 112 cm³/mol. The fourth-order valence-electron chi connectivity index (χ4n) is 3.25. The zero-order chi connectivity index (χ0) is 19.2. The molecule has 0 amide bonds. The van der Waals surface area contributed by atoms with E-state index in [1.807, 2.05) is 30.9 Å². The van der Waals surface area contributed by atoms with Crippen LogP contribution in [0.4, 0.5) is 5.00 Å². The molecule has 2 aromatic heterocycles. The van der Waals surface area contributed by atoms with Gasteiger partial charge in [-0.15, -0.1) is 11.3 Å². The number of nitrogens with zero attached hydrogens (tertiary/aromatic N) is 2. The number of anilines is 1. The molecule has 0 unspecified atom stereocenters. The average molecular weight is 407 g/mol. The summed E-state index contributed by atoms with van der Waals surface area (Å²) < 4.78 is 7.19. The van der Waals surface area contributed by atoms with E-state index in [1.54, 1.807) is 11.3 Å². The van der Waals surface area contributed by atoms with Gasteiger partial charge in [-0.2, -0.15) is 5.10 Å². The molecule has 0 saturated heterocycles. The van der Waals surface area contributed by atoms with E-state index < -0.39 is 0 Å². The molecule has 0 radical (unpaired) electrons. The summed E-state index contributed by atoms with van der Waals surface area (Å²) in [6.45, 7) is 5.68. The Balaban J connectivity index is 1.72. The van der Waals surface area contributed by atoms with Crippen LogP contribution in [0.2, 0.25) is 0 Å². The first-order valence-electron chi connectivity index (χ1n) is 9.50. The fraction of sp³-hybridized carbons (Fsp3) is 0.526. The Bertz CT molecular complexity index is 813. The minimum Gasteiger partial charge on any atom is -0.462 e. The first-order valence-corrected chi connectivity index (χ1v) is 10.7. The van der Waals surface area contributed by atoms with Gasteiger partial charge in [0.2, 0.25) is 0 Å². The SMILES string of the molecule is CCOC(=O)c1c(NC(=S)NCc2cnn(CC)c2)sc2c1CCCCC2. The highest BCUT2D eigenvalue weighted by Gasteiger charge is 2.26. The molecular weight excluding hydrogens is 380 g/mol. The van der Waals surface area contributed by atoms with Crippen LogP contribution in [0, 0.1) is 0 Å². The lowest BCUT2D eigenvalue weighted by molar-refractivity contribution is 0.0527. The summed E-state index contributed by atoms with van der Waals surface area (Å²) in [4.78, 5) is 13.9. The number of hydrogen-bond donors (Lipinski definition) is 2. The van der Waals surface area contributed by atoms with Gasteiger partial charge >= 0.3 is 5.97 Å². The summed E-state index contributed by atoms with van der Waals surface area (Å²) in [5, 5.41) is 12.0. The van der Waals surface area contributed by atoms with E-state index in [4.69, 9.17) is 17.0 Å². The molecule has 0 saturated carbocycles. The first-order chi connectivity index (χ1) is 13.1. The quantitative estimate of drug-likeness (QED) is 0.431. The van der Waals surface area contributed by atoms with Gasteiger partial charge in [-0.05, 0) is 57.3 Å². The van der Waals surface area contributed by atoms with Crippen molar-refractivity contribution in [3.63, 3.8) is 0 Å². The second-order valence-corrected chi connectivity index (χ2v) is 8.01. The smallest absolute Gasteiger partial charge is 0.341 e. The molecule has 8 heteroatoms. The third kappa shape index (κ3) is 4.87. The standard InChI is InChI=1S/C19H26N4O2S2/c1-3-23-12-13(11-21-23)10-20-19(26)22-17-16(18(24)25-4-2)14-8-6-5-7-9-15(14)27-17/h11-12H,3-10H2,1-2H3,(H2,20,22,26). The van der Waals surface area contributed by atoms with Crippen LogP contribution in [0.15, 0.2) is 12.4 Å². The Kier molecular flexibility index (Phi) is 6.84. The van der Waals surface area contributed by atoms with E-state index in [0.717, 1.165) is 41.9 Å². The number of rotatable bonds is 6. The fourth-order valence-corrected chi connectivity index (χ4v) is 4.77. The van der Waals surface area contributed by atoms with Crippen LogP contribution < -0.4 is 10.6 Å². The Morgan fingerprint density at radius 1 is 1.33 bits per heavy atom. The van der Waals surface area contributed by atoms with E-state index in [2.05, 4.69) is 15.7 Å². The molecule has 0 aliphatic heterocycles. The number of thiophene rings is 1. The Hall–Kier alpha value is -1.93. The highest BCUT2D eigenvalue weighted by atomic mass is 32.1. The second-order valence-electron chi connectivity index (χ2n) is 6.50. The van der Waals surface area contributed by atoms with E-state index in [-0.39, 0.29) is 5.97 Å². The van der Waals surface area contributed by atoms with Crippen molar-refractivity contribution in [3.8, 4) is 0 Å². The van der Waals surface area contributed by atoms with Crippen molar-refractivity contribution in [2.75, 3.05) is 11.9 Å². The molecule has 27 heavy (non-hydrogen) atoms. The van der Waals surface area contributed by atoms with Crippen LogP contribution in [0.1, 0.15) is 59.5 Å². The van der Waals surface area contributed by atoms with Gasteiger partial charge in [-0.25, -0.2) is 4.79 Å². The summed E-state index contributed by atoms with van der Waals surface area (Å²) in [5.74, 6) is -0.258. The maximum atomic E-state index is 12.6. The topological polar surface area (TPSA) is 68.2 Å². The van der Waals surface area contributed by atoms with Crippen molar-refractivity contribution in [2.45, 2.75) is 59.0 Å². The maximum Gasteiger partial charge on any atom is 0.341 e. The number of carbonyl (C=O) groups is 1. The highest BCUT2D eigenvalue weighted by Crippen LogP contribution is 2.38. The van der Waals surface area contributed by atoms with Crippen LogP contribution in [0.5, 0.6) is 0 Å². The number of thiocarbonyl (C=S) groups is 1. The van der Waals surface area contributed by atoms with Gasteiger partial charge in [-0.3, -0.25) is 4.68 Å². The number of aryl methyl sites for hydroxylation is 2. The summed E-state index contributed by atoms with van der Waals surface area (Å²) in [5.41, 5.74) is 2.88. The van der Waals surface area contributed by atoms with E-state index in [9.17, 15) is 4.79 Å². The molecule has 1 aliphatic rings. The second kappa shape index (κ2) is 9.32. The van der Waals surface area contributed by atoms with E-state index in [1.165, 1.54) is 17.7 Å². The molecule has 146 valence electrons. The molecule has 2 N–H and O–H groups in total. The zero-order valence-electron chi connectivity index (χ0n) is 15.8. The van der Waals surface area contributed by atoms with E-state index >= 15 is 0 Å². The van der Waals surface area contributed by atoms with Gasteiger partial charge in [0.25, 0.3) is 0 Å². The van der Waals surface area contributed by atoms with Gasteiger partial charge in [-0.1, -0.05) is 6.42 Å². The molecule has 0 bridgehead atoms. The third-order valence-corrected chi connectivity index (χ3v) is 6.05. The van der Waals surface area contributed by atoms with Crippen molar-refractivity contribution in [3.05, 3.63) is 34.0 Å². The van der Waals surface area contributed by atoms with Crippen LogP contribution in [-0.2, 0) is 30.7 Å². The zero-order valence-corrected chi connectivity index (χ0v) is 17.5. The molecule has 1 aliphatic carbocycles. The van der Waals surface area contributed by atoms with Crippen molar-refractivity contribution in [1.82, 2.24) is 15.1 Å². The predicted octanol–water partition coefficient (Wildman–Crippen LogP) is 3.90. The largest absolute Gasteiger partial charge is 0.462 e. The molecule has 0 atom stereocenters. The van der Waals surface area contributed by atoms with Gasteiger partial charge in [0.1, 0.15) is 5.00 Å². The molecule has 6 nitrogen and oxygen atoms in total. The third-order valence-electron chi connectivity index (χ3n) is 4.59. The Morgan fingerprint density at radius 2 is 2.15 bits per heavy atom. The number of fused-ring (bicyclic) bond motifs is 1. The minimum atomic E-state index is -0.258. The summed E-state index contributed by atoms with van der Waals surface area (Å²) in [6.07, 6.45) is 9.25. The Morgan fingerprint density at radius 3 is 2.89 bits per heavy atom. The van der Waals surface area contributed by atoms with Crippen LogP contribution in [-0.4, -0.2) is 27.5 Å². The molecule has 0 spiro atoms. The number of aromatic nitrogens is 2. The number of nitrogens with one attached hydrogen (secondary N) is 2. The lowest BCUT2D eigenvalue weighted by atomic mass is 10.1. The molecule has 0 fully saturated rings. The summed E-state index contributed by atoms with van der Waals surface area (Å²) in [6, 6.07) is 0. The van der Waals surface area contributed by atoms with Crippen molar-refractivity contribution < 1.29 is 9.53 Å². The first kappa shape index (κ1) is 19.8. The maximum absolute atomic E-state index is 12.6. The van der Waals surface area contributed by atoms with Gasteiger partial charge in [0.15, 0.2) is 5.11 Å². The monoisotopic (exact) mass is 406 g/mol.